The summed E-state index contributed by atoms with van der Waals surface area (Å²) in [6.07, 6.45) is 4.98. The molecule has 0 radical (unpaired) electrons. The Hall–Kier alpha value is -2.82. The van der Waals surface area contributed by atoms with Crippen LogP contribution < -0.4 is 10.6 Å². The summed E-state index contributed by atoms with van der Waals surface area (Å²) in [5.74, 6) is 0.804. The van der Waals surface area contributed by atoms with E-state index in [1.54, 1.807) is 7.05 Å². The first-order valence-electron chi connectivity index (χ1n) is 8.18. The van der Waals surface area contributed by atoms with Gasteiger partial charge in [-0.25, -0.2) is 4.98 Å². The first-order valence-corrected chi connectivity index (χ1v) is 8.18. The zero-order valence-electron chi connectivity index (χ0n) is 14.2. The molecule has 5 nitrogen and oxygen atoms in total. The van der Waals surface area contributed by atoms with Crippen molar-refractivity contribution in [1.29, 1.82) is 0 Å². The number of nitrogens with one attached hydrogen (secondary N) is 2. The maximum absolute atomic E-state index is 4.69. The summed E-state index contributed by atoms with van der Waals surface area (Å²) < 4.78 is 2.08. The average molecular weight is 321 g/mol. The molecule has 0 fully saturated rings. The van der Waals surface area contributed by atoms with E-state index in [4.69, 9.17) is 4.98 Å². The fourth-order valence-corrected chi connectivity index (χ4v) is 2.64. The number of hydrogen-bond acceptors (Lipinski definition) is 2. The second kappa shape index (κ2) is 7.64. The molecule has 2 N–H and O–H groups in total. The van der Waals surface area contributed by atoms with E-state index >= 15 is 0 Å². The van der Waals surface area contributed by atoms with Crippen LogP contribution in [0, 0.1) is 6.92 Å². The van der Waals surface area contributed by atoms with Crippen LogP contribution in [-0.2, 0) is 13.0 Å². The third-order valence-corrected chi connectivity index (χ3v) is 3.93. The molecule has 0 unspecified atom stereocenters. The Bertz CT molecular complexity index is 820. The fraction of sp³-hybridized carbons (Fsp3) is 0.263. The van der Waals surface area contributed by atoms with Crippen LogP contribution in [0.2, 0.25) is 0 Å². The van der Waals surface area contributed by atoms with Crippen molar-refractivity contribution < 1.29 is 0 Å². The van der Waals surface area contributed by atoms with E-state index in [1.807, 2.05) is 30.5 Å². The van der Waals surface area contributed by atoms with Crippen molar-refractivity contribution >= 4 is 11.6 Å². The Morgan fingerprint density at radius 2 is 1.96 bits per heavy atom. The molecule has 3 aromatic rings. The molecule has 0 amide bonds. The van der Waals surface area contributed by atoms with Crippen molar-refractivity contribution in [1.82, 2.24) is 20.0 Å². The number of aryl methyl sites for hydroxylation is 1. The molecule has 5 heteroatoms. The molecule has 0 aliphatic carbocycles. The maximum atomic E-state index is 4.69. The van der Waals surface area contributed by atoms with Gasteiger partial charge in [0.05, 0.1) is 5.69 Å². The molecule has 24 heavy (non-hydrogen) atoms. The Kier molecular flexibility index (Phi) is 5.11. The summed E-state index contributed by atoms with van der Waals surface area (Å²) in [5, 5.41) is 6.66. The van der Waals surface area contributed by atoms with Crippen molar-refractivity contribution in [3.05, 3.63) is 71.7 Å². The highest BCUT2D eigenvalue weighted by molar-refractivity contribution is 5.79. The molecule has 0 atom stereocenters. The second-order valence-corrected chi connectivity index (χ2v) is 5.74. The lowest BCUT2D eigenvalue weighted by Crippen LogP contribution is -2.37. The molecule has 0 aliphatic rings. The third kappa shape index (κ3) is 3.93. The van der Waals surface area contributed by atoms with Gasteiger partial charge in [-0.05, 0) is 24.1 Å². The zero-order chi connectivity index (χ0) is 16.8. The smallest absolute Gasteiger partial charge is 0.191 e. The molecule has 0 bridgehead atoms. The van der Waals surface area contributed by atoms with Crippen LogP contribution in [0.15, 0.2) is 59.9 Å². The molecule has 2 aromatic heterocycles. The topological polar surface area (TPSA) is 53.7 Å². The third-order valence-electron chi connectivity index (χ3n) is 3.93. The highest BCUT2D eigenvalue weighted by Crippen LogP contribution is 2.09. The normalized spacial score (nSPS) is 11.7. The largest absolute Gasteiger partial charge is 0.356 e. The van der Waals surface area contributed by atoms with Gasteiger partial charge in [0, 0.05) is 39.0 Å². The van der Waals surface area contributed by atoms with Gasteiger partial charge in [-0.3, -0.25) is 4.99 Å². The Morgan fingerprint density at radius 1 is 1.12 bits per heavy atom. The van der Waals surface area contributed by atoms with Crippen LogP contribution in [0.3, 0.4) is 0 Å². The van der Waals surface area contributed by atoms with Crippen LogP contribution in [0.4, 0.5) is 0 Å². The van der Waals surface area contributed by atoms with Gasteiger partial charge in [-0.1, -0.05) is 36.4 Å². The standard InChI is InChI=1S/C19H23N5/c1-15-7-6-12-24-14-17(23-18(15)24)10-11-21-19(20-2)22-13-16-8-4-3-5-9-16/h3-9,12,14H,10-11,13H2,1-2H3,(H2,20,21,22). The van der Waals surface area contributed by atoms with E-state index in [9.17, 15) is 0 Å². The molecule has 0 saturated heterocycles. The number of imidazole rings is 1. The van der Waals surface area contributed by atoms with E-state index in [-0.39, 0.29) is 0 Å². The van der Waals surface area contributed by atoms with Crippen molar-refractivity contribution in [2.24, 2.45) is 4.99 Å². The van der Waals surface area contributed by atoms with E-state index in [0.29, 0.717) is 0 Å². The van der Waals surface area contributed by atoms with Gasteiger partial charge in [-0.15, -0.1) is 0 Å². The first-order chi connectivity index (χ1) is 11.8. The van der Waals surface area contributed by atoms with Gasteiger partial charge in [0.2, 0.25) is 0 Å². The van der Waals surface area contributed by atoms with Crippen LogP contribution >= 0.6 is 0 Å². The summed E-state index contributed by atoms with van der Waals surface area (Å²) in [4.78, 5) is 8.95. The lowest BCUT2D eigenvalue weighted by Gasteiger charge is -2.11. The van der Waals surface area contributed by atoms with E-state index in [1.165, 1.54) is 11.1 Å². The molecular formula is C19H23N5. The van der Waals surface area contributed by atoms with Crippen LogP contribution in [-0.4, -0.2) is 28.9 Å². The van der Waals surface area contributed by atoms with Gasteiger partial charge in [0.1, 0.15) is 5.65 Å². The van der Waals surface area contributed by atoms with Crippen molar-refractivity contribution in [3.63, 3.8) is 0 Å². The van der Waals surface area contributed by atoms with Crippen molar-refractivity contribution in [3.8, 4) is 0 Å². The molecule has 0 spiro atoms. The minimum absolute atomic E-state index is 0.758. The zero-order valence-corrected chi connectivity index (χ0v) is 14.2. The molecule has 2 heterocycles. The Labute approximate surface area is 142 Å². The quantitative estimate of drug-likeness (QED) is 0.561. The second-order valence-electron chi connectivity index (χ2n) is 5.74. The maximum Gasteiger partial charge on any atom is 0.191 e. The van der Waals surface area contributed by atoms with Gasteiger partial charge in [0.15, 0.2) is 5.96 Å². The number of guanidine groups is 1. The predicted octanol–water partition coefficient (Wildman–Crippen LogP) is 2.55. The molecule has 3 rings (SSSR count). The van der Waals surface area contributed by atoms with Crippen molar-refractivity contribution in [2.75, 3.05) is 13.6 Å². The Morgan fingerprint density at radius 3 is 2.71 bits per heavy atom. The lowest BCUT2D eigenvalue weighted by molar-refractivity contribution is 0.787. The molecular weight excluding hydrogens is 298 g/mol. The van der Waals surface area contributed by atoms with Gasteiger partial charge in [0.25, 0.3) is 0 Å². The first kappa shape index (κ1) is 16.1. The van der Waals surface area contributed by atoms with E-state index in [0.717, 1.165) is 36.8 Å². The summed E-state index contributed by atoms with van der Waals surface area (Å²) in [6, 6.07) is 14.4. The number of rotatable bonds is 5. The summed E-state index contributed by atoms with van der Waals surface area (Å²) in [5.41, 5.74) is 4.53. The SMILES string of the molecule is CN=C(NCCc1cn2cccc(C)c2n1)NCc1ccccc1. The lowest BCUT2D eigenvalue weighted by atomic mass is 10.2. The van der Waals surface area contributed by atoms with E-state index in [2.05, 4.69) is 51.3 Å². The van der Waals surface area contributed by atoms with E-state index < -0.39 is 0 Å². The molecule has 0 aliphatic heterocycles. The highest BCUT2D eigenvalue weighted by Gasteiger charge is 2.04. The molecule has 0 saturated carbocycles. The number of pyridine rings is 1. The highest BCUT2D eigenvalue weighted by atomic mass is 15.2. The van der Waals surface area contributed by atoms with Crippen LogP contribution in [0.1, 0.15) is 16.8 Å². The average Bonchev–Trinajstić information content (AvgIpc) is 3.03. The van der Waals surface area contributed by atoms with Crippen LogP contribution in [0.25, 0.3) is 5.65 Å². The summed E-state index contributed by atoms with van der Waals surface area (Å²) in [7, 11) is 1.79. The Balaban J connectivity index is 1.51. The number of hydrogen-bond donors (Lipinski definition) is 2. The summed E-state index contributed by atoms with van der Waals surface area (Å²) >= 11 is 0. The van der Waals surface area contributed by atoms with Crippen LogP contribution in [0.5, 0.6) is 0 Å². The molecule has 1 aromatic carbocycles. The number of fused-ring (bicyclic) bond motifs is 1. The van der Waals surface area contributed by atoms with Crippen molar-refractivity contribution in [2.45, 2.75) is 19.9 Å². The molecule has 124 valence electrons. The number of aromatic nitrogens is 2. The van der Waals surface area contributed by atoms with Gasteiger partial charge < -0.3 is 15.0 Å². The monoisotopic (exact) mass is 321 g/mol. The number of benzene rings is 1. The fourth-order valence-electron chi connectivity index (χ4n) is 2.64. The minimum Gasteiger partial charge on any atom is -0.356 e. The summed E-state index contributed by atoms with van der Waals surface area (Å²) in [6.45, 7) is 3.63. The van der Waals surface area contributed by atoms with Gasteiger partial charge in [-0.2, -0.15) is 0 Å². The van der Waals surface area contributed by atoms with Gasteiger partial charge >= 0.3 is 0 Å². The minimum atomic E-state index is 0.758. The number of nitrogens with zero attached hydrogens (tertiary/aromatic N) is 3. The predicted molar refractivity (Wildman–Crippen MR) is 98.3 cm³/mol. The number of aliphatic imine (C=N–C) groups is 1.